The van der Waals surface area contributed by atoms with Crippen LogP contribution in [0.4, 0.5) is 0 Å². The lowest BCUT2D eigenvalue weighted by molar-refractivity contribution is 0.0816. The summed E-state index contributed by atoms with van der Waals surface area (Å²) in [5.74, 6) is 0.939. The molecule has 100 valence electrons. The van der Waals surface area contributed by atoms with Crippen molar-refractivity contribution in [3.63, 3.8) is 0 Å². The highest BCUT2D eigenvalue weighted by molar-refractivity contribution is 7.09. The molecule has 1 aliphatic rings. The van der Waals surface area contributed by atoms with E-state index in [4.69, 9.17) is 4.74 Å². The van der Waals surface area contributed by atoms with Crippen LogP contribution in [-0.2, 0) is 6.54 Å². The van der Waals surface area contributed by atoms with Crippen LogP contribution >= 0.6 is 11.3 Å². The number of rotatable bonds is 4. The summed E-state index contributed by atoms with van der Waals surface area (Å²) in [7, 11) is 1.72. The fourth-order valence-corrected chi connectivity index (χ4v) is 3.30. The molecule has 0 aliphatic carbocycles. The Morgan fingerprint density at radius 1 is 1.47 bits per heavy atom. The molecule has 3 rings (SSSR count). The first-order valence-electron chi connectivity index (χ1n) is 6.55. The summed E-state index contributed by atoms with van der Waals surface area (Å²) < 4.78 is 5.30. The van der Waals surface area contributed by atoms with Gasteiger partial charge in [0.05, 0.1) is 13.7 Å². The second-order valence-corrected chi connectivity index (χ2v) is 5.88. The largest absolute Gasteiger partial charge is 0.497 e. The minimum atomic E-state index is 0.513. The topological polar surface area (TPSA) is 25.4 Å². The van der Waals surface area contributed by atoms with Gasteiger partial charge in [-0.05, 0) is 31.0 Å². The Bertz CT molecular complexity index is 567. The summed E-state index contributed by atoms with van der Waals surface area (Å²) >= 11 is 1.75. The molecule has 0 radical (unpaired) electrons. The number of aromatic nitrogens is 1. The lowest BCUT2D eigenvalue weighted by atomic mass is 9.94. The molecule has 1 fully saturated rings. The number of thiazole rings is 1. The third kappa shape index (κ3) is 2.65. The zero-order valence-corrected chi connectivity index (χ0v) is 12.1. The van der Waals surface area contributed by atoms with Gasteiger partial charge < -0.3 is 4.74 Å². The number of ether oxygens (including phenoxy) is 1. The Balaban J connectivity index is 1.71. The van der Waals surface area contributed by atoms with Gasteiger partial charge in [0.2, 0.25) is 0 Å². The lowest BCUT2D eigenvalue weighted by Gasteiger charge is -2.40. The van der Waals surface area contributed by atoms with E-state index in [1.54, 1.807) is 18.4 Å². The van der Waals surface area contributed by atoms with Crippen molar-refractivity contribution in [1.29, 1.82) is 0 Å². The molecule has 0 bridgehead atoms. The van der Waals surface area contributed by atoms with Crippen LogP contribution in [-0.4, -0.2) is 23.5 Å². The van der Waals surface area contributed by atoms with Crippen molar-refractivity contribution >= 4 is 11.3 Å². The number of hydrogen-bond acceptors (Lipinski definition) is 4. The maximum Gasteiger partial charge on any atom is 0.119 e. The maximum atomic E-state index is 5.30. The van der Waals surface area contributed by atoms with Gasteiger partial charge in [0.15, 0.2) is 0 Å². The van der Waals surface area contributed by atoms with Crippen LogP contribution in [0.1, 0.15) is 28.7 Å². The molecule has 1 aromatic carbocycles. The average Bonchev–Trinajstić information content (AvgIpc) is 2.81. The van der Waals surface area contributed by atoms with Gasteiger partial charge in [-0.3, -0.25) is 4.90 Å². The van der Waals surface area contributed by atoms with Gasteiger partial charge in [0.1, 0.15) is 10.8 Å². The first kappa shape index (κ1) is 12.6. The van der Waals surface area contributed by atoms with Crippen LogP contribution in [0.2, 0.25) is 0 Å². The average molecular weight is 274 g/mol. The SMILES string of the molecule is COc1cccc([C@H]2CCN2Cc2nc(C)cs2)c1. The number of benzene rings is 1. The Hall–Kier alpha value is -1.39. The van der Waals surface area contributed by atoms with Crippen molar-refractivity contribution in [2.45, 2.75) is 25.9 Å². The van der Waals surface area contributed by atoms with E-state index in [2.05, 4.69) is 40.4 Å². The lowest BCUT2D eigenvalue weighted by Crippen LogP contribution is -2.40. The van der Waals surface area contributed by atoms with E-state index in [-0.39, 0.29) is 0 Å². The van der Waals surface area contributed by atoms with Crippen molar-refractivity contribution in [2.75, 3.05) is 13.7 Å². The second kappa shape index (κ2) is 5.31. The van der Waals surface area contributed by atoms with Gasteiger partial charge in [-0.2, -0.15) is 0 Å². The van der Waals surface area contributed by atoms with Crippen LogP contribution < -0.4 is 4.74 Å². The molecular formula is C15H18N2OS. The minimum absolute atomic E-state index is 0.513. The summed E-state index contributed by atoms with van der Waals surface area (Å²) in [6, 6.07) is 8.91. The number of likely N-dealkylation sites (tertiary alicyclic amines) is 1. The third-order valence-corrected chi connectivity index (χ3v) is 4.57. The highest BCUT2D eigenvalue weighted by Crippen LogP contribution is 2.36. The molecule has 0 unspecified atom stereocenters. The van der Waals surface area contributed by atoms with Gasteiger partial charge in [-0.15, -0.1) is 11.3 Å². The Morgan fingerprint density at radius 3 is 3.00 bits per heavy atom. The van der Waals surface area contributed by atoms with Crippen LogP contribution in [0.25, 0.3) is 0 Å². The van der Waals surface area contributed by atoms with Crippen molar-refractivity contribution < 1.29 is 4.74 Å². The molecule has 1 atom stereocenters. The molecule has 2 aromatic rings. The van der Waals surface area contributed by atoms with Crippen LogP contribution in [0.5, 0.6) is 5.75 Å². The molecule has 3 nitrogen and oxygen atoms in total. The first-order valence-corrected chi connectivity index (χ1v) is 7.43. The predicted molar refractivity (Wildman–Crippen MR) is 77.6 cm³/mol. The van der Waals surface area contributed by atoms with Crippen molar-refractivity contribution in [1.82, 2.24) is 9.88 Å². The van der Waals surface area contributed by atoms with Crippen LogP contribution in [0, 0.1) is 6.92 Å². The van der Waals surface area contributed by atoms with Crippen molar-refractivity contribution in [3.8, 4) is 5.75 Å². The van der Waals surface area contributed by atoms with Crippen LogP contribution in [0.3, 0.4) is 0 Å². The van der Waals surface area contributed by atoms with E-state index >= 15 is 0 Å². The van der Waals surface area contributed by atoms with E-state index in [0.29, 0.717) is 6.04 Å². The summed E-state index contributed by atoms with van der Waals surface area (Å²) in [5, 5.41) is 3.33. The first-order chi connectivity index (χ1) is 9.26. The number of hydrogen-bond donors (Lipinski definition) is 0. The zero-order valence-electron chi connectivity index (χ0n) is 11.3. The van der Waals surface area contributed by atoms with E-state index in [1.165, 1.54) is 17.0 Å². The Kier molecular flexibility index (Phi) is 3.53. The Morgan fingerprint density at radius 2 is 2.37 bits per heavy atom. The van der Waals surface area contributed by atoms with Gasteiger partial charge in [0, 0.05) is 23.7 Å². The molecule has 0 N–H and O–H groups in total. The zero-order chi connectivity index (χ0) is 13.2. The molecule has 4 heteroatoms. The molecule has 0 amide bonds. The normalized spacial score (nSPS) is 19.2. The summed E-state index contributed by atoms with van der Waals surface area (Å²) in [4.78, 5) is 7.03. The van der Waals surface area contributed by atoms with E-state index in [9.17, 15) is 0 Å². The highest BCUT2D eigenvalue weighted by atomic mass is 32.1. The third-order valence-electron chi connectivity index (χ3n) is 3.61. The molecule has 1 saturated heterocycles. The Labute approximate surface area is 117 Å². The fraction of sp³-hybridized carbons (Fsp3) is 0.400. The quantitative estimate of drug-likeness (QED) is 0.854. The maximum absolute atomic E-state index is 5.30. The summed E-state index contributed by atoms with van der Waals surface area (Å²) in [6.07, 6.45) is 1.22. The molecule has 0 saturated carbocycles. The summed E-state index contributed by atoms with van der Waals surface area (Å²) in [5.41, 5.74) is 2.47. The van der Waals surface area contributed by atoms with E-state index < -0.39 is 0 Å². The summed E-state index contributed by atoms with van der Waals surface area (Å²) in [6.45, 7) is 4.16. The van der Waals surface area contributed by atoms with Gasteiger partial charge in [-0.25, -0.2) is 4.98 Å². The molecule has 1 aliphatic heterocycles. The molecule has 19 heavy (non-hydrogen) atoms. The monoisotopic (exact) mass is 274 g/mol. The minimum Gasteiger partial charge on any atom is -0.497 e. The predicted octanol–water partition coefficient (Wildman–Crippen LogP) is 3.41. The number of nitrogens with zero attached hydrogens (tertiary/aromatic N) is 2. The van der Waals surface area contributed by atoms with Gasteiger partial charge in [0.25, 0.3) is 0 Å². The molecule has 2 heterocycles. The van der Waals surface area contributed by atoms with E-state index in [1.807, 2.05) is 6.07 Å². The number of methoxy groups -OCH3 is 1. The smallest absolute Gasteiger partial charge is 0.119 e. The molecule has 0 spiro atoms. The van der Waals surface area contributed by atoms with E-state index in [0.717, 1.165) is 24.5 Å². The van der Waals surface area contributed by atoms with Gasteiger partial charge in [-0.1, -0.05) is 12.1 Å². The molecule has 1 aromatic heterocycles. The van der Waals surface area contributed by atoms with Crippen molar-refractivity contribution in [3.05, 3.63) is 45.9 Å². The van der Waals surface area contributed by atoms with Crippen LogP contribution in [0.15, 0.2) is 29.6 Å². The second-order valence-electron chi connectivity index (χ2n) is 4.93. The van der Waals surface area contributed by atoms with Crippen molar-refractivity contribution in [2.24, 2.45) is 0 Å². The standard InChI is InChI=1S/C15H18N2OS/c1-11-10-19-15(16-11)9-17-7-6-14(17)12-4-3-5-13(8-12)18-2/h3-5,8,10,14H,6-7,9H2,1-2H3/t14-/m1/s1. The highest BCUT2D eigenvalue weighted by Gasteiger charge is 2.30. The van der Waals surface area contributed by atoms with Gasteiger partial charge >= 0.3 is 0 Å². The number of aryl methyl sites for hydroxylation is 1. The molecular weight excluding hydrogens is 256 g/mol. The fourth-order valence-electron chi connectivity index (χ4n) is 2.51.